The maximum Gasteiger partial charge on any atom is 0.407 e. The fourth-order valence-corrected chi connectivity index (χ4v) is 2.04. The van der Waals surface area contributed by atoms with E-state index in [4.69, 9.17) is 4.74 Å². The molecule has 1 amide bonds. The van der Waals surface area contributed by atoms with Gasteiger partial charge in [0.1, 0.15) is 5.60 Å². The maximum absolute atomic E-state index is 11.4. The SMILES string of the molecule is Cc1nc(CNCCCNC(=O)OC(C)(C)C)cs1. The van der Waals surface area contributed by atoms with Crippen molar-refractivity contribution in [3.63, 3.8) is 0 Å². The molecule has 19 heavy (non-hydrogen) atoms. The third-order valence-corrected chi connectivity index (χ3v) is 2.99. The number of ether oxygens (including phenoxy) is 1. The lowest BCUT2D eigenvalue weighted by Gasteiger charge is -2.19. The number of nitrogens with zero attached hydrogens (tertiary/aromatic N) is 1. The van der Waals surface area contributed by atoms with E-state index in [-0.39, 0.29) is 6.09 Å². The largest absolute Gasteiger partial charge is 0.444 e. The van der Waals surface area contributed by atoms with E-state index >= 15 is 0 Å². The number of aromatic nitrogens is 1. The van der Waals surface area contributed by atoms with E-state index in [1.54, 1.807) is 11.3 Å². The van der Waals surface area contributed by atoms with Crippen LogP contribution in [0.2, 0.25) is 0 Å². The maximum atomic E-state index is 11.4. The minimum absolute atomic E-state index is 0.359. The molecule has 0 aliphatic rings. The minimum Gasteiger partial charge on any atom is -0.444 e. The molecule has 1 rings (SSSR count). The minimum atomic E-state index is -0.440. The molecule has 0 aliphatic heterocycles. The predicted molar refractivity (Wildman–Crippen MR) is 77.4 cm³/mol. The summed E-state index contributed by atoms with van der Waals surface area (Å²) in [5.74, 6) is 0. The number of rotatable bonds is 6. The molecule has 0 fully saturated rings. The van der Waals surface area contributed by atoms with Crippen LogP contribution in [0.15, 0.2) is 5.38 Å². The standard InChI is InChI=1S/C13H23N3O2S/c1-10-16-11(9-19-10)8-14-6-5-7-15-12(17)18-13(2,3)4/h9,14H,5-8H2,1-4H3,(H,15,17). The van der Waals surface area contributed by atoms with Crippen LogP contribution in [-0.4, -0.2) is 29.8 Å². The van der Waals surface area contributed by atoms with Crippen molar-refractivity contribution >= 4 is 17.4 Å². The van der Waals surface area contributed by atoms with Gasteiger partial charge in [-0.3, -0.25) is 0 Å². The van der Waals surface area contributed by atoms with Gasteiger partial charge in [0.05, 0.1) is 10.7 Å². The van der Waals surface area contributed by atoms with E-state index in [2.05, 4.69) is 21.0 Å². The van der Waals surface area contributed by atoms with Crippen LogP contribution in [0, 0.1) is 6.92 Å². The molecule has 1 aromatic rings. The summed E-state index contributed by atoms with van der Waals surface area (Å²) in [6.07, 6.45) is 0.505. The summed E-state index contributed by atoms with van der Waals surface area (Å²) < 4.78 is 5.14. The molecule has 0 atom stereocenters. The molecule has 0 aliphatic carbocycles. The van der Waals surface area contributed by atoms with Crippen molar-refractivity contribution in [2.75, 3.05) is 13.1 Å². The predicted octanol–water partition coefficient (Wildman–Crippen LogP) is 2.46. The molecule has 0 bridgehead atoms. The average molecular weight is 285 g/mol. The Kier molecular flexibility index (Phi) is 6.24. The second-order valence-electron chi connectivity index (χ2n) is 5.32. The number of nitrogens with one attached hydrogen (secondary N) is 2. The zero-order valence-electron chi connectivity index (χ0n) is 12.1. The fourth-order valence-electron chi connectivity index (χ4n) is 1.42. The van der Waals surface area contributed by atoms with Crippen molar-refractivity contribution in [2.45, 2.75) is 46.3 Å². The Labute approximate surface area is 118 Å². The van der Waals surface area contributed by atoms with Crippen molar-refractivity contribution in [1.29, 1.82) is 0 Å². The second kappa shape index (κ2) is 7.45. The monoisotopic (exact) mass is 285 g/mol. The number of hydrogen-bond donors (Lipinski definition) is 2. The van der Waals surface area contributed by atoms with Gasteiger partial charge in [-0.05, 0) is 40.7 Å². The van der Waals surface area contributed by atoms with Crippen LogP contribution in [0.3, 0.4) is 0 Å². The molecule has 2 N–H and O–H groups in total. The average Bonchev–Trinajstić information content (AvgIpc) is 2.67. The van der Waals surface area contributed by atoms with E-state index in [0.717, 1.165) is 30.2 Å². The molecule has 5 nitrogen and oxygen atoms in total. The van der Waals surface area contributed by atoms with Gasteiger partial charge in [-0.2, -0.15) is 0 Å². The Morgan fingerprint density at radius 1 is 1.42 bits per heavy atom. The first-order chi connectivity index (χ1) is 8.87. The highest BCUT2D eigenvalue weighted by atomic mass is 32.1. The first-order valence-corrected chi connectivity index (χ1v) is 7.33. The first-order valence-electron chi connectivity index (χ1n) is 6.45. The zero-order valence-corrected chi connectivity index (χ0v) is 12.9. The quantitative estimate of drug-likeness (QED) is 0.788. The van der Waals surface area contributed by atoms with Gasteiger partial charge in [-0.1, -0.05) is 0 Å². The molecule has 0 spiro atoms. The van der Waals surface area contributed by atoms with E-state index in [0.29, 0.717) is 6.54 Å². The highest BCUT2D eigenvalue weighted by Crippen LogP contribution is 2.07. The summed E-state index contributed by atoms with van der Waals surface area (Å²) in [5.41, 5.74) is 0.632. The topological polar surface area (TPSA) is 63.2 Å². The van der Waals surface area contributed by atoms with Crippen LogP contribution in [0.25, 0.3) is 0 Å². The lowest BCUT2D eigenvalue weighted by atomic mass is 10.2. The molecule has 1 aromatic heterocycles. The van der Waals surface area contributed by atoms with Gasteiger partial charge in [-0.15, -0.1) is 11.3 Å². The van der Waals surface area contributed by atoms with Gasteiger partial charge in [0.15, 0.2) is 0 Å². The fraction of sp³-hybridized carbons (Fsp3) is 0.692. The Morgan fingerprint density at radius 3 is 2.74 bits per heavy atom. The molecule has 0 radical (unpaired) electrons. The molecule has 108 valence electrons. The second-order valence-corrected chi connectivity index (χ2v) is 6.38. The third kappa shape index (κ3) is 7.79. The third-order valence-electron chi connectivity index (χ3n) is 2.17. The molecule has 0 saturated carbocycles. The lowest BCUT2D eigenvalue weighted by molar-refractivity contribution is 0.0527. The number of carbonyl (C=O) groups is 1. The number of alkyl carbamates (subject to hydrolysis) is 1. The number of aryl methyl sites for hydroxylation is 1. The van der Waals surface area contributed by atoms with Gasteiger partial charge in [-0.25, -0.2) is 9.78 Å². The van der Waals surface area contributed by atoms with Crippen molar-refractivity contribution in [3.8, 4) is 0 Å². The summed E-state index contributed by atoms with van der Waals surface area (Å²) >= 11 is 1.66. The Morgan fingerprint density at radius 2 is 2.16 bits per heavy atom. The number of thiazole rings is 1. The summed E-state index contributed by atoms with van der Waals surface area (Å²) in [6, 6.07) is 0. The van der Waals surface area contributed by atoms with Gasteiger partial charge in [0.25, 0.3) is 0 Å². The molecular weight excluding hydrogens is 262 g/mol. The van der Waals surface area contributed by atoms with Crippen LogP contribution in [-0.2, 0) is 11.3 Å². The van der Waals surface area contributed by atoms with Crippen molar-refractivity contribution in [1.82, 2.24) is 15.6 Å². The summed E-state index contributed by atoms with van der Waals surface area (Å²) in [7, 11) is 0. The number of amides is 1. The Balaban J connectivity index is 2.01. The van der Waals surface area contributed by atoms with Gasteiger partial charge in [0.2, 0.25) is 0 Å². The number of hydrogen-bond acceptors (Lipinski definition) is 5. The highest BCUT2D eigenvalue weighted by Gasteiger charge is 2.15. The Hall–Kier alpha value is -1.14. The lowest BCUT2D eigenvalue weighted by Crippen LogP contribution is -2.33. The smallest absolute Gasteiger partial charge is 0.407 e. The summed E-state index contributed by atoms with van der Waals surface area (Å²) in [4.78, 5) is 15.7. The summed E-state index contributed by atoms with van der Waals surface area (Å²) in [5, 5.41) is 9.16. The van der Waals surface area contributed by atoms with E-state index < -0.39 is 5.60 Å². The van der Waals surface area contributed by atoms with Crippen LogP contribution < -0.4 is 10.6 Å². The molecule has 0 aromatic carbocycles. The van der Waals surface area contributed by atoms with Gasteiger partial charge >= 0.3 is 6.09 Å². The van der Waals surface area contributed by atoms with Crippen LogP contribution in [0.1, 0.15) is 37.9 Å². The molecule has 6 heteroatoms. The molecule has 0 saturated heterocycles. The first kappa shape index (κ1) is 15.9. The highest BCUT2D eigenvalue weighted by molar-refractivity contribution is 7.09. The summed E-state index contributed by atoms with van der Waals surface area (Å²) in [6.45, 7) is 9.78. The normalized spacial score (nSPS) is 11.4. The zero-order chi connectivity index (χ0) is 14.3. The Bertz CT molecular complexity index is 399. The van der Waals surface area contributed by atoms with E-state index in [9.17, 15) is 4.79 Å². The van der Waals surface area contributed by atoms with Crippen molar-refractivity contribution in [2.24, 2.45) is 0 Å². The number of carbonyl (C=O) groups excluding carboxylic acids is 1. The van der Waals surface area contributed by atoms with Crippen molar-refractivity contribution < 1.29 is 9.53 Å². The van der Waals surface area contributed by atoms with Crippen molar-refractivity contribution in [3.05, 3.63) is 16.1 Å². The van der Waals surface area contributed by atoms with Crippen LogP contribution in [0.4, 0.5) is 4.79 Å². The van der Waals surface area contributed by atoms with E-state index in [1.165, 1.54) is 0 Å². The molecule has 0 unspecified atom stereocenters. The van der Waals surface area contributed by atoms with E-state index in [1.807, 2.05) is 27.7 Å². The van der Waals surface area contributed by atoms with Crippen LogP contribution >= 0.6 is 11.3 Å². The molecular formula is C13H23N3O2S. The van der Waals surface area contributed by atoms with Gasteiger partial charge in [0, 0.05) is 18.5 Å². The molecule has 1 heterocycles. The van der Waals surface area contributed by atoms with Gasteiger partial charge < -0.3 is 15.4 Å². The van der Waals surface area contributed by atoms with Crippen LogP contribution in [0.5, 0.6) is 0 Å².